The Morgan fingerprint density at radius 1 is 0.296 bits per heavy atom. The topological polar surface area (TPSA) is 217 Å². The van der Waals surface area contributed by atoms with Gasteiger partial charge in [-0.25, -0.2) is 0 Å². The first kappa shape index (κ1) is 37.0. The van der Waals surface area contributed by atoms with Crippen LogP contribution in [0.5, 0.6) is 0 Å². The molecule has 7 aromatic rings. The van der Waals surface area contributed by atoms with Crippen LogP contribution in [-0.4, -0.2) is 51.9 Å². The predicted molar refractivity (Wildman–Crippen MR) is 202 cm³/mol. The van der Waals surface area contributed by atoms with Gasteiger partial charge in [0.1, 0.15) is 0 Å². The third kappa shape index (κ3) is 6.92. The van der Waals surface area contributed by atoms with Crippen LogP contribution in [0.25, 0.3) is 66.1 Å². The van der Waals surface area contributed by atoms with Crippen LogP contribution in [-0.2, 0) is 40.5 Å². The number of rotatable bonds is 8. The molecule has 7 rings (SSSR count). The van der Waals surface area contributed by atoms with Crippen molar-refractivity contribution in [1.82, 2.24) is 0 Å². The molecule has 7 aromatic carbocycles. The zero-order valence-corrected chi connectivity index (χ0v) is 30.7. The standard InChI is InChI=1S/C38H26O12S4/c39-51(40,41)25-13-9-23(10-14-25)35-21-27(53(45,46)47)17-19-33(35)37-29-5-1-2-6-30(29)38(32-8-4-3-7-31(32)37)34-20-18-28(54(48,49)50)22-36(34)24-11-15-26(16-12-24)52(42,43)44/h1-22H,(H,39,40,41)(H,42,43,44)(H,45,46,47)(H,48,49,50). The lowest BCUT2D eigenvalue weighted by atomic mass is 9.82. The van der Waals surface area contributed by atoms with Gasteiger partial charge in [0.2, 0.25) is 0 Å². The van der Waals surface area contributed by atoms with Gasteiger partial charge in [-0.05, 0) is 115 Å². The van der Waals surface area contributed by atoms with E-state index in [1.807, 2.05) is 24.3 Å². The van der Waals surface area contributed by atoms with Crippen molar-refractivity contribution in [3.8, 4) is 44.5 Å². The minimum Gasteiger partial charge on any atom is -0.282 e. The highest BCUT2D eigenvalue weighted by atomic mass is 32.2. The average Bonchev–Trinajstić information content (AvgIpc) is 3.12. The molecule has 0 atom stereocenters. The molecule has 12 nitrogen and oxygen atoms in total. The summed E-state index contributed by atoms with van der Waals surface area (Å²) in [5.74, 6) is 0. The van der Waals surface area contributed by atoms with Crippen LogP contribution in [0.15, 0.2) is 153 Å². The van der Waals surface area contributed by atoms with Crippen molar-refractivity contribution in [3.63, 3.8) is 0 Å². The fourth-order valence-electron chi connectivity index (χ4n) is 6.60. The summed E-state index contributed by atoms with van der Waals surface area (Å²) in [6.07, 6.45) is 0. The van der Waals surface area contributed by atoms with E-state index in [9.17, 15) is 51.9 Å². The summed E-state index contributed by atoms with van der Waals surface area (Å²) in [6, 6.07) is 32.7. The second-order valence-electron chi connectivity index (χ2n) is 12.2. The molecule has 16 heteroatoms. The summed E-state index contributed by atoms with van der Waals surface area (Å²) >= 11 is 0. The molecule has 0 saturated heterocycles. The van der Waals surface area contributed by atoms with Crippen molar-refractivity contribution in [1.29, 1.82) is 0 Å². The molecule has 0 aromatic heterocycles. The monoisotopic (exact) mass is 802 g/mol. The number of fused-ring (bicyclic) bond motifs is 2. The van der Waals surface area contributed by atoms with E-state index < -0.39 is 50.3 Å². The first-order valence-corrected chi connectivity index (χ1v) is 21.4. The molecule has 4 N–H and O–H groups in total. The fraction of sp³-hybridized carbons (Fsp3) is 0. The van der Waals surface area contributed by atoms with Crippen molar-refractivity contribution in [3.05, 3.63) is 133 Å². The van der Waals surface area contributed by atoms with Gasteiger partial charge in [0.15, 0.2) is 0 Å². The predicted octanol–water partition coefficient (Wildman–Crippen LogP) is 7.65. The van der Waals surface area contributed by atoms with Crippen LogP contribution in [0, 0.1) is 0 Å². The summed E-state index contributed by atoms with van der Waals surface area (Å²) in [5.41, 5.74) is 3.53. The molecule has 0 fully saturated rings. The second-order valence-corrected chi connectivity index (χ2v) is 17.9. The van der Waals surface area contributed by atoms with Gasteiger partial charge in [-0.2, -0.15) is 33.7 Å². The number of hydrogen-bond donors (Lipinski definition) is 4. The minimum absolute atomic E-state index is 0.298. The molecule has 0 bridgehead atoms. The molecule has 0 aliphatic heterocycles. The molecule has 0 spiro atoms. The highest BCUT2D eigenvalue weighted by molar-refractivity contribution is 7.86. The van der Waals surface area contributed by atoms with Crippen LogP contribution >= 0.6 is 0 Å². The maximum atomic E-state index is 12.3. The maximum Gasteiger partial charge on any atom is 0.294 e. The van der Waals surface area contributed by atoms with Gasteiger partial charge in [-0.1, -0.05) is 84.9 Å². The van der Waals surface area contributed by atoms with Gasteiger partial charge in [0.05, 0.1) is 19.6 Å². The summed E-state index contributed by atoms with van der Waals surface area (Å²) < 4.78 is 136. The van der Waals surface area contributed by atoms with Crippen LogP contribution in [0.4, 0.5) is 0 Å². The summed E-state index contributed by atoms with van der Waals surface area (Å²) in [4.78, 5) is -1.62. The van der Waals surface area contributed by atoms with Crippen molar-refractivity contribution in [2.75, 3.05) is 0 Å². The van der Waals surface area contributed by atoms with E-state index in [4.69, 9.17) is 0 Å². The molecular weight excluding hydrogens is 777 g/mol. The van der Waals surface area contributed by atoms with Crippen molar-refractivity contribution < 1.29 is 51.9 Å². The van der Waals surface area contributed by atoms with Crippen molar-refractivity contribution >= 4 is 62.0 Å². The van der Waals surface area contributed by atoms with Gasteiger partial charge in [-0.15, -0.1) is 0 Å². The van der Waals surface area contributed by atoms with Crippen LogP contribution in [0.2, 0.25) is 0 Å². The van der Waals surface area contributed by atoms with Gasteiger partial charge >= 0.3 is 0 Å². The smallest absolute Gasteiger partial charge is 0.282 e. The van der Waals surface area contributed by atoms with Crippen LogP contribution in [0.1, 0.15) is 0 Å². The summed E-state index contributed by atoms with van der Waals surface area (Å²) in [6.45, 7) is 0. The van der Waals surface area contributed by atoms with E-state index in [1.54, 1.807) is 24.3 Å². The Morgan fingerprint density at radius 2 is 0.556 bits per heavy atom. The van der Waals surface area contributed by atoms with Crippen LogP contribution < -0.4 is 0 Å². The van der Waals surface area contributed by atoms with Crippen LogP contribution in [0.3, 0.4) is 0 Å². The highest BCUT2D eigenvalue weighted by Crippen LogP contribution is 2.48. The molecule has 0 radical (unpaired) electrons. The SMILES string of the molecule is O=S(=O)(O)c1ccc(-c2cc(S(=O)(=O)O)ccc2-c2c3ccccc3c(-c3ccc(S(=O)(=O)O)cc3-c3ccc(S(=O)(=O)O)cc3)c3ccccc23)cc1. The van der Waals surface area contributed by atoms with E-state index in [2.05, 4.69) is 0 Å². The minimum atomic E-state index is -4.69. The van der Waals surface area contributed by atoms with Crippen molar-refractivity contribution in [2.45, 2.75) is 19.6 Å². The zero-order valence-electron chi connectivity index (χ0n) is 27.4. The molecule has 0 saturated carbocycles. The first-order valence-electron chi connectivity index (χ1n) is 15.7. The third-order valence-corrected chi connectivity index (χ3v) is 12.4. The number of hydrogen-bond acceptors (Lipinski definition) is 8. The Morgan fingerprint density at radius 3 is 0.815 bits per heavy atom. The Balaban J connectivity index is 1.58. The zero-order chi connectivity index (χ0) is 38.8. The molecular formula is C38H26O12S4. The fourth-order valence-corrected chi connectivity index (χ4v) is 8.58. The normalized spacial score (nSPS) is 12.7. The van der Waals surface area contributed by atoms with Crippen molar-refractivity contribution in [2.24, 2.45) is 0 Å². The molecule has 0 amide bonds. The maximum absolute atomic E-state index is 12.3. The van der Waals surface area contributed by atoms with E-state index in [1.165, 1.54) is 60.7 Å². The van der Waals surface area contributed by atoms with E-state index in [-0.39, 0.29) is 9.79 Å². The molecule has 274 valence electrons. The summed E-state index contributed by atoms with van der Waals surface area (Å²) in [5, 5.41) is 2.59. The van der Waals surface area contributed by atoms with Gasteiger partial charge in [0, 0.05) is 0 Å². The largest absolute Gasteiger partial charge is 0.294 e. The van der Waals surface area contributed by atoms with E-state index in [0.717, 1.165) is 24.3 Å². The molecule has 0 aliphatic carbocycles. The Hall–Kier alpha value is -5.30. The summed E-state index contributed by atoms with van der Waals surface area (Å²) in [7, 11) is -18.5. The van der Waals surface area contributed by atoms with Gasteiger partial charge in [0.25, 0.3) is 40.5 Å². The molecule has 0 aliphatic rings. The lowest BCUT2D eigenvalue weighted by Gasteiger charge is -2.21. The lowest BCUT2D eigenvalue weighted by Crippen LogP contribution is -2.01. The first-order chi connectivity index (χ1) is 25.3. The quantitative estimate of drug-likeness (QED) is 0.0861. The van der Waals surface area contributed by atoms with Gasteiger partial charge in [-0.3, -0.25) is 18.2 Å². The lowest BCUT2D eigenvalue weighted by molar-refractivity contribution is 0.481. The van der Waals surface area contributed by atoms with E-state index >= 15 is 0 Å². The highest BCUT2D eigenvalue weighted by Gasteiger charge is 2.24. The third-order valence-electron chi connectivity index (χ3n) is 8.97. The molecule has 0 heterocycles. The Labute approximate surface area is 310 Å². The molecule has 54 heavy (non-hydrogen) atoms. The second kappa shape index (κ2) is 13.2. The Bertz CT molecular complexity index is 2850. The average molecular weight is 803 g/mol. The Kier molecular flexibility index (Phi) is 9.07. The number of benzene rings is 7. The molecule has 0 unspecified atom stereocenters. The van der Waals surface area contributed by atoms with E-state index in [0.29, 0.717) is 66.1 Å². The van der Waals surface area contributed by atoms with Gasteiger partial charge < -0.3 is 0 Å².